The maximum Gasteiger partial charge on any atom is 0.191 e. The van der Waals surface area contributed by atoms with Crippen molar-refractivity contribution < 1.29 is 14.2 Å². The smallest absolute Gasteiger partial charge is 0.191 e. The molecule has 2 N–H and O–H groups in total. The summed E-state index contributed by atoms with van der Waals surface area (Å²) >= 11 is 0. The molecule has 2 aliphatic rings. The van der Waals surface area contributed by atoms with Crippen molar-refractivity contribution in [1.82, 2.24) is 10.6 Å². The number of nitrogens with zero attached hydrogens (tertiary/aromatic N) is 1. The van der Waals surface area contributed by atoms with E-state index in [2.05, 4.69) is 27.8 Å². The number of ether oxygens (including phenoxy) is 3. The number of guanidine groups is 1. The van der Waals surface area contributed by atoms with E-state index in [4.69, 9.17) is 14.2 Å². The SMILES string of the molecule is CN=C(NCc1ccc(OC)c(OC2CCCC2)c1)NCC1CCCO1. The van der Waals surface area contributed by atoms with E-state index < -0.39 is 0 Å². The lowest BCUT2D eigenvalue weighted by Gasteiger charge is -2.18. The summed E-state index contributed by atoms with van der Waals surface area (Å²) in [6.07, 6.45) is 7.63. The molecule has 6 nitrogen and oxygen atoms in total. The highest BCUT2D eigenvalue weighted by atomic mass is 16.5. The summed E-state index contributed by atoms with van der Waals surface area (Å²) in [5.74, 6) is 2.41. The average Bonchev–Trinajstić information content (AvgIpc) is 3.36. The van der Waals surface area contributed by atoms with Crippen molar-refractivity contribution >= 4 is 5.96 Å². The van der Waals surface area contributed by atoms with Gasteiger partial charge in [-0.15, -0.1) is 0 Å². The Labute approximate surface area is 156 Å². The van der Waals surface area contributed by atoms with Gasteiger partial charge in [0.2, 0.25) is 0 Å². The number of nitrogens with one attached hydrogen (secondary N) is 2. The average molecular weight is 361 g/mol. The standard InChI is InChI=1S/C20H31N3O3/c1-21-20(23-14-17-8-5-11-25-17)22-13-15-9-10-18(24-2)19(12-15)26-16-6-3-4-7-16/h9-10,12,16-17H,3-8,11,13-14H2,1-2H3,(H2,21,22,23). The maximum atomic E-state index is 6.17. The molecule has 144 valence electrons. The fourth-order valence-electron chi connectivity index (χ4n) is 3.53. The maximum absolute atomic E-state index is 6.17. The second-order valence-corrected chi connectivity index (χ2v) is 6.95. The van der Waals surface area contributed by atoms with E-state index in [1.54, 1.807) is 14.2 Å². The van der Waals surface area contributed by atoms with Gasteiger partial charge in [-0.2, -0.15) is 0 Å². The Morgan fingerprint density at radius 2 is 2.00 bits per heavy atom. The largest absolute Gasteiger partial charge is 0.493 e. The van der Waals surface area contributed by atoms with Gasteiger partial charge in [-0.1, -0.05) is 6.07 Å². The minimum absolute atomic E-state index is 0.293. The van der Waals surface area contributed by atoms with Crippen molar-refractivity contribution in [2.75, 3.05) is 27.3 Å². The fourth-order valence-corrected chi connectivity index (χ4v) is 3.53. The molecule has 0 spiro atoms. The Bertz CT molecular complexity index is 594. The van der Waals surface area contributed by atoms with Crippen LogP contribution in [0.4, 0.5) is 0 Å². The molecule has 1 aromatic rings. The summed E-state index contributed by atoms with van der Waals surface area (Å²) in [5, 5.41) is 6.69. The quantitative estimate of drug-likeness (QED) is 0.578. The van der Waals surface area contributed by atoms with Gasteiger partial charge in [0.1, 0.15) is 0 Å². The van der Waals surface area contributed by atoms with E-state index in [9.17, 15) is 0 Å². The molecule has 0 amide bonds. The summed E-state index contributed by atoms with van der Waals surface area (Å²) in [4.78, 5) is 4.29. The first kappa shape index (κ1) is 18.8. The zero-order valence-electron chi connectivity index (χ0n) is 15.9. The molecular formula is C20H31N3O3. The van der Waals surface area contributed by atoms with Crippen LogP contribution in [0.15, 0.2) is 23.2 Å². The number of hydrogen-bond acceptors (Lipinski definition) is 4. The summed E-state index contributed by atoms with van der Waals surface area (Å²) in [5.41, 5.74) is 1.14. The molecule has 1 heterocycles. The Morgan fingerprint density at radius 1 is 1.15 bits per heavy atom. The molecule has 1 atom stereocenters. The molecule has 1 saturated heterocycles. The molecule has 1 unspecified atom stereocenters. The second-order valence-electron chi connectivity index (χ2n) is 6.95. The monoisotopic (exact) mass is 361 g/mol. The minimum Gasteiger partial charge on any atom is -0.493 e. The van der Waals surface area contributed by atoms with Crippen LogP contribution in [0.5, 0.6) is 11.5 Å². The molecular weight excluding hydrogens is 330 g/mol. The van der Waals surface area contributed by atoms with Gasteiger partial charge in [0.25, 0.3) is 0 Å². The first-order chi connectivity index (χ1) is 12.8. The van der Waals surface area contributed by atoms with Crippen molar-refractivity contribution in [3.05, 3.63) is 23.8 Å². The highest BCUT2D eigenvalue weighted by molar-refractivity contribution is 5.79. The molecule has 0 radical (unpaired) electrons. The third-order valence-electron chi connectivity index (χ3n) is 5.03. The highest BCUT2D eigenvalue weighted by Crippen LogP contribution is 2.32. The van der Waals surface area contributed by atoms with Crippen LogP contribution >= 0.6 is 0 Å². The Balaban J connectivity index is 1.54. The molecule has 6 heteroatoms. The Morgan fingerprint density at radius 3 is 2.69 bits per heavy atom. The predicted molar refractivity (Wildman–Crippen MR) is 103 cm³/mol. The second kappa shape index (κ2) is 9.67. The molecule has 0 bridgehead atoms. The first-order valence-electron chi connectivity index (χ1n) is 9.68. The van der Waals surface area contributed by atoms with E-state index in [1.807, 2.05) is 6.07 Å². The lowest BCUT2D eigenvalue weighted by Crippen LogP contribution is -2.40. The van der Waals surface area contributed by atoms with E-state index in [-0.39, 0.29) is 0 Å². The number of benzene rings is 1. The molecule has 1 aliphatic heterocycles. The van der Waals surface area contributed by atoms with Gasteiger partial charge in [0, 0.05) is 26.7 Å². The molecule has 1 saturated carbocycles. The van der Waals surface area contributed by atoms with Crippen LogP contribution in [0.1, 0.15) is 44.1 Å². The van der Waals surface area contributed by atoms with Crippen LogP contribution in [0, 0.1) is 0 Å². The Hall–Kier alpha value is -1.95. The van der Waals surface area contributed by atoms with Crippen LogP contribution < -0.4 is 20.1 Å². The van der Waals surface area contributed by atoms with Crippen molar-refractivity contribution in [3.63, 3.8) is 0 Å². The van der Waals surface area contributed by atoms with Crippen LogP contribution in [-0.2, 0) is 11.3 Å². The molecule has 3 rings (SSSR count). The zero-order chi connectivity index (χ0) is 18.2. The van der Waals surface area contributed by atoms with Gasteiger partial charge < -0.3 is 24.8 Å². The van der Waals surface area contributed by atoms with Gasteiger partial charge in [0.15, 0.2) is 17.5 Å². The number of rotatable bonds is 7. The predicted octanol–water partition coefficient (Wildman–Crippen LogP) is 2.86. The minimum atomic E-state index is 0.293. The summed E-state index contributed by atoms with van der Waals surface area (Å²) in [6, 6.07) is 6.10. The Kier molecular flexibility index (Phi) is 7.00. The third kappa shape index (κ3) is 5.27. The zero-order valence-corrected chi connectivity index (χ0v) is 15.9. The van der Waals surface area contributed by atoms with Gasteiger partial charge in [-0.25, -0.2) is 0 Å². The van der Waals surface area contributed by atoms with Gasteiger partial charge in [-0.3, -0.25) is 4.99 Å². The lowest BCUT2D eigenvalue weighted by molar-refractivity contribution is 0.114. The van der Waals surface area contributed by atoms with Gasteiger partial charge in [0.05, 0.1) is 19.3 Å². The van der Waals surface area contributed by atoms with E-state index >= 15 is 0 Å². The van der Waals surface area contributed by atoms with Gasteiger partial charge in [-0.05, 0) is 56.2 Å². The van der Waals surface area contributed by atoms with Crippen LogP contribution in [0.2, 0.25) is 0 Å². The van der Waals surface area contributed by atoms with E-state index in [1.165, 1.54) is 12.8 Å². The number of methoxy groups -OCH3 is 1. The molecule has 2 fully saturated rings. The van der Waals surface area contributed by atoms with Crippen LogP contribution in [0.3, 0.4) is 0 Å². The number of aliphatic imine (C=N–C) groups is 1. The van der Waals surface area contributed by atoms with Crippen LogP contribution in [0.25, 0.3) is 0 Å². The van der Waals surface area contributed by atoms with Crippen molar-refractivity contribution in [3.8, 4) is 11.5 Å². The first-order valence-corrected chi connectivity index (χ1v) is 9.68. The van der Waals surface area contributed by atoms with E-state index in [0.29, 0.717) is 18.8 Å². The summed E-state index contributed by atoms with van der Waals surface area (Å²) in [7, 11) is 3.47. The molecule has 26 heavy (non-hydrogen) atoms. The fraction of sp³-hybridized carbons (Fsp3) is 0.650. The third-order valence-corrected chi connectivity index (χ3v) is 5.03. The van der Waals surface area contributed by atoms with Gasteiger partial charge >= 0.3 is 0 Å². The van der Waals surface area contributed by atoms with Crippen LogP contribution in [-0.4, -0.2) is 45.5 Å². The normalized spacial score (nSPS) is 21.0. The lowest BCUT2D eigenvalue weighted by atomic mass is 10.2. The summed E-state index contributed by atoms with van der Waals surface area (Å²) in [6.45, 7) is 2.34. The molecule has 0 aromatic heterocycles. The molecule has 1 aliphatic carbocycles. The number of hydrogen-bond donors (Lipinski definition) is 2. The van der Waals surface area contributed by atoms with E-state index in [0.717, 1.165) is 61.9 Å². The van der Waals surface area contributed by atoms with Crippen molar-refractivity contribution in [2.45, 2.75) is 57.3 Å². The molecule has 1 aromatic carbocycles. The van der Waals surface area contributed by atoms with Crippen molar-refractivity contribution in [1.29, 1.82) is 0 Å². The topological polar surface area (TPSA) is 64.1 Å². The summed E-state index contributed by atoms with van der Waals surface area (Å²) < 4.78 is 17.3. The highest BCUT2D eigenvalue weighted by Gasteiger charge is 2.19. The van der Waals surface area contributed by atoms with Crippen molar-refractivity contribution in [2.24, 2.45) is 4.99 Å².